The Balaban J connectivity index is 2.19. The Morgan fingerprint density at radius 3 is 2.72 bits per heavy atom. The van der Waals surface area contributed by atoms with Gasteiger partial charge in [0, 0.05) is 19.2 Å². The summed E-state index contributed by atoms with van der Waals surface area (Å²) in [4.78, 5) is 4.62. The largest absolute Gasteiger partial charge is 0.334 e. The number of unbranched alkanes of at least 4 members (excludes halogenated alkanes) is 1. The molecule has 18 heavy (non-hydrogen) atoms. The van der Waals surface area contributed by atoms with E-state index in [0.717, 1.165) is 24.5 Å². The molecule has 1 aromatic carbocycles. The Bertz CT molecular complexity index is 497. The molecule has 2 aromatic rings. The van der Waals surface area contributed by atoms with Gasteiger partial charge in [-0.2, -0.15) is 0 Å². The number of aryl methyl sites for hydroxylation is 1. The van der Waals surface area contributed by atoms with E-state index in [4.69, 9.17) is 0 Å². The first-order chi connectivity index (χ1) is 8.83. The molecule has 0 aliphatic heterocycles. The summed E-state index contributed by atoms with van der Waals surface area (Å²) in [5.74, 6) is 1.13. The molecule has 0 unspecified atom stereocenters. The fraction of sp³-hybridized carbons (Fsp3) is 0.312. The van der Waals surface area contributed by atoms with Gasteiger partial charge in [0.1, 0.15) is 5.82 Å². The summed E-state index contributed by atoms with van der Waals surface area (Å²) in [6.07, 6.45) is 7.19. The molecule has 0 atom stereocenters. The van der Waals surface area contributed by atoms with Gasteiger partial charge in [-0.05, 0) is 18.1 Å². The molecule has 0 bridgehead atoms. The first kappa shape index (κ1) is 12.6. The Morgan fingerprint density at radius 2 is 2.06 bits per heavy atom. The highest BCUT2D eigenvalue weighted by Crippen LogP contribution is 2.12. The molecule has 1 aromatic heterocycles. The molecule has 2 heteroatoms. The highest BCUT2D eigenvalue weighted by Gasteiger charge is 2.06. The lowest BCUT2D eigenvalue weighted by atomic mass is 10.1. The summed E-state index contributed by atoms with van der Waals surface area (Å²) in [5, 5.41) is 0. The van der Waals surface area contributed by atoms with Crippen LogP contribution >= 0.6 is 0 Å². The Labute approximate surface area is 109 Å². The molecule has 0 radical (unpaired) electrons. The van der Waals surface area contributed by atoms with Crippen LogP contribution in [0.1, 0.15) is 36.8 Å². The number of hydrogen-bond acceptors (Lipinski definition) is 1. The molecule has 2 rings (SSSR count). The molecule has 2 nitrogen and oxygen atoms in total. The Hall–Kier alpha value is -1.83. The zero-order chi connectivity index (χ0) is 12.8. The second-order valence-electron chi connectivity index (χ2n) is 4.50. The molecular weight excluding hydrogens is 220 g/mol. The van der Waals surface area contributed by atoms with Crippen molar-refractivity contribution >= 4 is 6.08 Å². The van der Waals surface area contributed by atoms with Crippen LogP contribution in [0.3, 0.4) is 0 Å². The molecular formula is C16H20N2. The highest BCUT2D eigenvalue weighted by molar-refractivity contribution is 5.40. The second-order valence-corrected chi connectivity index (χ2v) is 4.50. The summed E-state index contributed by atoms with van der Waals surface area (Å²) >= 11 is 0. The topological polar surface area (TPSA) is 17.8 Å². The number of hydrogen-bond donors (Lipinski definition) is 0. The van der Waals surface area contributed by atoms with Crippen LogP contribution < -0.4 is 0 Å². The van der Waals surface area contributed by atoms with E-state index in [-0.39, 0.29) is 0 Å². The van der Waals surface area contributed by atoms with Crippen LogP contribution in [0, 0.1) is 0 Å². The van der Waals surface area contributed by atoms with Gasteiger partial charge in [0.25, 0.3) is 0 Å². The fourth-order valence-electron chi connectivity index (χ4n) is 2.02. The SMILES string of the molecule is C=Cc1cn(CCCC)c(Cc2ccccc2)n1. The van der Waals surface area contributed by atoms with Crippen LogP contribution in [0.15, 0.2) is 43.1 Å². The molecule has 94 valence electrons. The van der Waals surface area contributed by atoms with Crippen LogP contribution in [0.5, 0.6) is 0 Å². The van der Waals surface area contributed by atoms with Gasteiger partial charge in [0.2, 0.25) is 0 Å². The van der Waals surface area contributed by atoms with Crippen molar-refractivity contribution in [3.8, 4) is 0 Å². The minimum absolute atomic E-state index is 0.887. The lowest BCUT2D eigenvalue weighted by Gasteiger charge is -2.06. The summed E-state index contributed by atoms with van der Waals surface area (Å²) in [6, 6.07) is 10.5. The van der Waals surface area contributed by atoms with Gasteiger partial charge in [0.15, 0.2) is 0 Å². The Morgan fingerprint density at radius 1 is 1.28 bits per heavy atom. The first-order valence-electron chi connectivity index (χ1n) is 6.56. The van der Waals surface area contributed by atoms with Gasteiger partial charge in [-0.15, -0.1) is 0 Å². The summed E-state index contributed by atoms with van der Waals surface area (Å²) < 4.78 is 2.26. The minimum atomic E-state index is 0.887. The molecule has 0 spiro atoms. The zero-order valence-corrected chi connectivity index (χ0v) is 11.0. The van der Waals surface area contributed by atoms with Crippen molar-refractivity contribution in [1.29, 1.82) is 0 Å². The quantitative estimate of drug-likeness (QED) is 0.748. The standard InChI is InChI=1S/C16H20N2/c1-3-5-11-18-13-15(4-2)17-16(18)12-14-9-7-6-8-10-14/h4,6-10,13H,2-3,5,11-12H2,1H3. The maximum Gasteiger partial charge on any atom is 0.113 e. The van der Waals surface area contributed by atoms with Gasteiger partial charge in [-0.3, -0.25) is 0 Å². The van der Waals surface area contributed by atoms with E-state index in [2.05, 4.69) is 53.5 Å². The smallest absolute Gasteiger partial charge is 0.113 e. The van der Waals surface area contributed by atoms with Crippen molar-refractivity contribution in [2.24, 2.45) is 0 Å². The highest BCUT2D eigenvalue weighted by atomic mass is 15.1. The van der Waals surface area contributed by atoms with E-state index in [1.807, 2.05) is 12.1 Å². The number of rotatable bonds is 6. The minimum Gasteiger partial charge on any atom is -0.334 e. The zero-order valence-electron chi connectivity index (χ0n) is 11.0. The molecule has 0 N–H and O–H groups in total. The monoisotopic (exact) mass is 240 g/mol. The van der Waals surface area contributed by atoms with Gasteiger partial charge >= 0.3 is 0 Å². The van der Waals surface area contributed by atoms with Crippen LogP contribution in [0.4, 0.5) is 0 Å². The van der Waals surface area contributed by atoms with E-state index in [1.54, 1.807) is 0 Å². The molecule has 0 saturated heterocycles. The number of imidazole rings is 1. The molecule has 1 heterocycles. The van der Waals surface area contributed by atoms with E-state index < -0.39 is 0 Å². The third-order valence-electron chi connectivity index (χ3n) is 3.04. The van der Waals surface area contributed by atoms with Crippen molar-refractivity contribution in [1.82, 2.24) is 9.55 Å². The summed E-state index contributed by atoms with van der Waals surface area (Å²) in [5.41, 5.74) is 2.27. The van der Waals surface area contributed by atoms with Gasteiger partial charge in [0.05, 0.1) is 5.69 Å². The maximum atomic E-state index is 4.62. The molecule has 0 fully saturated rings. The van der Waals surface area contributed by atoms with Crippen molar-refractivity contribution in [3.63, 3.8) is 0 Å². The van der Waals surface area contributed by atoms with E-state index in [9.17, 15) is 0 Å². The van der Waals surface area contributed by atoms with Crippen molar-refractivity contribution in [2.45, 2.75) is 32.7 Å². The van der Waals surface area contributed by atoms with Crippen LogP contribution in [0.25, 0.3) is 6.08 Å². The number of benzene rings is 1. The molecule has 0 saturated carbocycles. The van der Waals surface area contributed by atoms with Crippen molar-refractivity contribution in [2.75, 3.05) is 0 Å². The summed E-state index contributed by atoms with van der Waals surface area (Å²) in [6.45, 7) is 7.05. The third-order valence-corrected chi connectivity index (χ3v) is 3.04. The van der Waals surface area contributed by atoms with Gasteiger partial charge in [-0.1, -0.05) is 50.3 Å². The van der Waals surface area contributed by atoms with Crippen LogP contribution in [-0.4, -0.2) is 9.55 Å². The van der Waals surface area contributed by atoms with E-state index in [0.29, 0.717) is 0 Å². The number of aromatic nitrogens is 2. The Kier molecular flexibility index (Phi) is 4.35. The van der Waals surface area contributed by atoms with Gasteiger partial charge in [-0.25, -0.2) is 4.98 Å². The molecule has 0 aliphatic rings. The maximum absolute atomic E-state index is 4.62. The lowest BCUT2D eigenvalue weighted by Crippen LogP contribution is -2.03. The van der Waals surface area contributed by atoms with Gasteiger partial charge < -0.3 is 4.57 Å². The molecule has 0 amide bonds. The van der Waals surface area contributed by atoms with E-state index in [1.165, 1.54) is 18.4 Å². The average Bonchev–Trinajstić information content (AvgIpc) is 2.80. The molecule has 0 aliphatic carbocycles. The summed E-state index contributed by atoms with van der Waals surface area (Å²) in [7, 11) is 0. The predicted molar refractivity (Wildman–Crippen MR) is 76.5 cm³/mol. The predicted octanol–water partition coefficient (Wildman–Crippen LogP) is 3.92. The lowest BCUT2D eigenvalue weighted by molar-refractivity contribution is 0.609. The normalized spacial score (nSPS) is 10.5. The van der Waals surface area contributed by atoms with E-state index >= 15 is 0 Å². The first-order valence-corrected chi connectivity index (χ1v) is 6.56. The van der Waals surface area contributed by atoms with Crippen molar-refractivity contribution in [3.05, 3.63) is 60.2 Å². The second kappa shape index (κ2) is 6.20. The van der Waals surface area contributed by atoms with Crippen molar-refractivity contribution < 1.29 is 0 Å². The third kappa shape index (κ3) is 3.10. The fourth-order valence-corrected chi connectivity index (χ4v) is 2.02. The van der Waals surface area contributed by atoms with Crippen LogP contribution in [0.2, 0.25) is 0 Å². The van der Waals surface area contributed by atoms with Crippen LogP contribution in [-0.2, 0) is 13.0 Å². The number of nitrogens with zero attached hydrogens (tertiary/aromatic N) is 2. The average molecular weight is 240 g/mol.